The molecule has 0 amide bonds. The van der Waals surface area contributed by atoms with Gasteiger partial charge in [-0.3, -0.25) is 0 Å². The zero-order chi connectivity index (χ0) is 12.3. The van der Waals surface area contributed by atoms with Crippen molar-refractivity contribution in [2.75, 3.05) is 0 Å². The Balaban J connectivity index is 3.45. The van der Waals surface area contributed by atoms with E-state index in [1.165, 1.54) is 11.1 Å². The van der Waals surface area contributed by atoms with Gasteiger partial charge >= 0.3 is 0 Å². The van der Waals surface area contributed by atoms with Gasteiger partial charge < -0.3 is 0 Å². The fraction of sp³-hybridized carbons (Fsp3) is 0.375. The van der Waals surface area contributed by atoms with Crippen LogP contribution in [0.25, 0.3) is 0 Å². The lowest BCUT2D eigenvalue weighted by atomic mass is 9.80. The van der Waals surface area contributed by atoms with Crippen molar-refractivity contribution in [3.63, 3.8) is 0 Å². The van der Waals surface area contributed by atoms with Crippen LogP contribution < -0.4 is 0 Å². The minimum absolute atomic E-state index is 0.0819. The molecular weight excluding hydrogens is 192 g/mol. The van der Waals surface area contributed by atoms with Crippen LogP contribution in [0.4, 0.5) is 0 Å². The number of hydrogen-bond donors (Lipinski definition) is 0. The Morgan fingerprint density at radius 1 is 1.38 bits per heavy atom. The third-order valence-corrected chi connectivity index (χ3v) is 2.89. The van der Waals surface area contributed by atoms with Gasteiger partial charge in [-0.15, -0.1) is 13.0 Å². The van der Waals surface area contributed by atoms with Crippen LogP contribution in [0.5, 0.6) is 0 Å². The Morgan fingerprint density at radius 2 is 2.00 bits per heavy atom. The van der Waals surface area contributed by atoms with Gasteiger partial charge in [0.25, 0.3) is 0 Å². The van der Waals surface area contributed by atoms with Crippen molar-refractivity contribution < 1.29 is 0 Å². The molecular formula is C16H20. The second-order valence-electron chi connectivity index (χ2n) is 5.19. The van der Waals surface area contributed by atoms with Gasteiger partial charge in [0.2, 0.25) is 0 Å². The number of hydrogen-bond acceptors (Lipinski definition) is 0. The molecule has 0 aliphatic rings. The van der Waals surface area contributed by atoms with Gasteiger partial charge in [0.05, 0.1) is 0 Å². The largest absolute Gasteiger partial charge is 0.115 e. The predicted molar refractivity (Wildman–Crippen MR) is 71.7 cm³/mol. The maximum atomic E-state index is 5.66. The fourth-order valence-electron chi connectivity index (χ4n) is 1.86. The molecule has 1 atom stereocenters. The van der Waals surface area contributed by atoms with E-state index in [0.29, 0.717) is 5.92 Å². The highest BCUT2D eigenvalue weighted by Gasteiger charge is 2.19. The van der Waals surface area contributed by atoms with Crippen LogP contribution in [0.2, 0.25) is 0 Å². The number of terminal acetylenes is 1. The lowest BCUT2D eigenvalue weighted by molar-refractivity contribution is 0.587. The Labute approximate surface area is 99.4 Å². The number of benzene rings is 1. The van der Waals surface area contributed by atoms with Crippen LogP contribution in [0, 0.1) is 12.3 Å². The molecule has 0 aliphatic heterocycles. The molecule has 0 saturated heterocycles. The van der Waals surface area contributed by atoms with Crippen molar-refractivity contribution >= 4 is 0 Å². The maximum absolute atomic E-state index is 5.66. The van der Waals surface area contributed by atoms with Crippen molar-refractivity contribution in [1.82, 2.24) is 0 Å². The van der Waals surface area contributed by atoms with Crippen molar-refractivity contribution in [3.8, 4) is 12.3 Å². The average Bonchev–Trinajstić information content (AvgIpc) is 2.25. The first-order chi connectivity index (χ1) is 7.41. The minimum Gasteiger partial charge on any atom is -0.115 e. The zero-order valence-corrected chi connectivity index (χ0v) is 10.7. The molecule has 0 radical (unpaired) electrons. The highest BCUT2D eigenvalue weighted by Crippen LogP contribution is 2.30. The van der Waals surface area contributed by atoms with Crippen LogP contribution in [0.3, 0.4) is 0 Å². The number of allylic oxidation sites excluding steroid dienone is 1. The smallest absolute Gasteiger partial charge is 0.0317 e. The molecule has 16 heavy (non-hydrogen) atoms. The third kappa shape index (κ3) is 2.36. The normalized spacial score (nSPS) is 12.9. The Kier molecular flexibility index (Phi) is 3.60. The van der Waals surface area contributed by atoms with E-state index >= 15 is 0 Å². The summed E-state index contributed by atoms with van der Waals surface area (Å²) in [5.74, 6) is 3.14. The topological polar surface area (TPSA) is 0 Å². The van der Waals surface area contributed by atoms with Gasteiger partial charge in [0.1, 0.15) is 0 Å². The van der Waals surface area contributed by atoms with E-state index in [9.17, 15) is 0 Å². The van der Waals surface area contributed by atoms with Crippen molar-refractivity contribution in [3.05, 3.63) is 47.5 Å². The molecule has 0 bridgehead atoms. The molecule has 84 valence electrons. The van der Waals surface area contributed by atoms with Crippen molar-refractivity contribution in [1.29, 1.82) is 0 Å². The van der Waals surface area contributed by atoms with Gasteiger partial charge in [-0.1, -0.05) is 57.9 Å². The molecule has 1 unspecified atom stereocenters. The Bertz CT molecular complexity index is 424. The first kappa shape index (κ1) is 12.6. The highest BCUT2D eigenvalue weighted by atomic mass is 14.2. The molecule has 0 spiro atoms. The summed E-state index contributed by atoms with van der Waals surface area (Å²) >= 11 is 0. The molecule has 1 aromatic rings. The van der Waals surface area contributed by atoms with E-state index in [2.05, 4.69) is 58.4 Å². The molecule has 0 saturated carbocycles. The Hall–Kier alpha value is -1.48. The molecule has 0 aliphatic carbocycles. The van der Waals surface area contributed by atoms with E-state index in [4.69, 9.17) is 6.42 Å². The summed E-state index contributed by atoms with van der Waals surface area (Å²) in [6, 6.07) is 6.29. The van der Waals surface area contributed by atoms with Crippen LogP contribution in [0.15, 0.2) is 30.9 Å². The van der Waals surface area contributed by atoms with Crippen LogP contribution in [0.1, 0.15) is 50.3 Å². The van der Waals surface area contributed by atoms with E-state index in [1.54, 1.807) is 0 Å². The quantitative estimate of drug-likeness (QED) is 0.507. The van der Waals surface area contributed by atoms with E-state index in [-0.39, 0.29) is 5.41 Å². The highest BCUT2D eigenvalue weighted by molar-refractivity contribution is 5.51. The predicted octanol–water partition coefficient (Wildman–Crippen LogP) is 4.25. The maximum Gasteiger partial charge on any atom is 0.0317 e. The molecule has 0 heterocycles. The van der Waals surface area contributed by atoms with Crippen LogP contribution >= 0.6 is 0 Å². The average molecular weight is 212 g/mol. The molecule has 0 nitrogen and oxygen atoms in total. The van der Waals surface area contributed by atoms with Gasteiger partial charge in [-0.2, -0.15) is 0 Å². The molecule has 0 fully saturated rings. The lowest BCUT2D eigenvalue weighted by Crippen LogP contribution is -2.14. The van der Waals surface area contributed by atoms with Crippen molar-refractivity contribution in [2.24, 2.45) is 0 Å². The summed E-state index contributed by atoms with van der Waals surface area (Å²) in [5.41, 5.74) is 3.55. The summed E-state index contributed by atoms with van der Waals surface area (Å²) in [7, 11) is 0. The molecule has 1 rings (SSSR count). The summed E-state index contributed by atoms with van der Waals surface area (Å²) < 4.78 is 0. The van der Waals surface area contributed by atoms with Crippen LogP contribution in [-0.2, 0) is 5.41 Å². The summed E-state index contributed by atoms with van der Waals surface area (Å²) in [4.78, 5) is 0. The second-order valence-corrected chi connectivity index (χ2v) is 5.19. The van der Waals surface area contributed by atoms with E-state index < -0.39 is 0 Å². The SMILES string of the molecule is C#Cc1c(C(C)C=C)cccc1C(C)(C)C. The zero-order valence-electron chi connectivity index (χ0n) is 10.7. The molecule has 0 heteroatoms. The van der Waals surface area contributed by atoms with E-state index in [1.807, 2.05) is 6.08 Å². The van der Waals surface area contributed by atoms with Gasteiger partial charge in [0, 0.05) is 5.56 Å². The lowest BCUT2D eigenvalue weighted by Gasteiger charge is -2.23. The van der Waals surface area contributed by atoms with E-state index in [0.717, 1.165) is 5.56 Å². The Morgan fingerprint density at radius 3 is 2.44 bits per heavy atom. The summed E-state index contributed by atoms with van der Waals surface area (Å²) in [5, 5.41) is 0. The standard InChI is InChI=1S/C16H20/c1-7-12(3)14-10-9-11-15(13(14)8-2)16(4,5)6/h2,7,9-12H,1H2,3-6H3. The minimum atomic E-state index is 0.0819. The van der Waals surface area contributed by atoms with Gasteiger partial charge in [0.15, 0.2) is 0 Å². The fourth-order valence-corrected chi connectivity index (χ4v) is 1.86. The third-order valence-electron chi connectivity index (χ3n) is 2.89. The second kappa shape index (κ2) is 4.58. The first-order valence-electron chi connectivity index (χ1n) is 5.64. The number of rotatable bonds is 2. The van der Waals surface area contributed by atoms with Crippen LogP contribution in [-0.4, -0.2) is 0 Å². The summed E-state index contributed by atoms with van der Waals surface area (Å²) in [6.45, 7) is 12.5. The summed E-state index contributed by atoms with van der Waals surface area (Å²) in [6.07, 6.45) is 7.59. The van der Waals surface area contributed by atoms with Gasteiger partial charge in [-0.25, -0.2) is 0 Å². The molecule has 0 N–H and O–H groups in total. The van der Waals surface area contributed by atoms with Crippen molar-refractivity contribution in [2.45, 2.75) is 39.0 Å². The monoisotopic (exact) mass is 212 g/mol. The molecule has 1 aromatic carbocycles. The first-order valence-corrected chi connectivity index (χ1v) is 5.64. The van der Waals surface area contributed by atoms with Gasteiger partial charge in [-0.05, 0) is 22.5 Å². The molecule has 0 aromatic heterocycles.